The number of carbonyl (C=O) groups is 1. The zero-order valence-corrected chi connectivity index (χ0v) is 14.8. The first kappa shape index (κ1) is 17.9. The summed E-state index contributed by atoms with van der Waals surface area (Å²) in [5, 5.41) is 2.91. The maximum Gasteiger partial charge on any atom is 0.265 e. The van der Waals surface area contributed by atoms with E-state index < -0.39 is 6.10 Å². The van der Waals surface area contributed by atoms with Crippen molar-refractivity contribution in [1.82, 2.24) is 0 Å². The minimum absolute atomic E-state index is 0.175. The van der Waals surface area contributed by atoms with Crippen LogP contribution in [0, 0.1) is 13.8 Å². The van der Waals surface area contributed by atoms with Gasteiger partial charge >= 0.3 is 0 Å². The van der Waals surface area contributed by atoms with E-state index in [4.69, 9.17) is 9.47 Å². The van der Waals surface area contributed by atoms with Gasteiger partial charge in [0.25, 0.3) is 5.91 Å². The average Bonchev–Trinajstić information content (AvgIpc) is 2.57. The molecule has 2 aromatic carbocycles. The molecule has 0 bridgehead atoms. The van der Waals surface area contributed by atoms with Crippen LogP contribution in [-0.2, 0) is 4.79 Å². The monoisotopic (exact) mass is 327 g/mol. The Bertz CT molecular complexity index is 697. The summed E-state index contributed by atoms with van der Waals surface area (Å²) < 4.78 is 11.5. The molecule has 2 aromatic rings. The summed E-state index contributed by atoms with van der Waals surface area (Å²) in [5.74, 6) is 1.23. The quantitative estimate of drug-likeness (QED) is 0.814. The summed E-state index contributed by atoms with van der Waals surface area (Å²) >= 11 is 0. The van der Waals surface area contributed by atoms with Crippen molar-refractivity contribution in [1.29, 1.82) is 0 Å². The molecular weight excluding hydrogens is 302 g/mol. The second-order valence-electron chi connectivity index (χ2n) is 5.70. The number of hydrogen-bond acceptors (Lipinski definition) is 3. The van der Waals surface area contributed by atoms with Gasteiger partial charge in [0.1, 0.15) is 11.5 Å². The largest absolute Gasteiger partial charge is 0.492 e. The highest BCUT2D eigenvalue weighted by molar-refractivity contribution is 5.95. The predicted octanol–water partition coefficient (Wildman–Crippen LogP) is 4.50. The molecule has 0 aliphatic heterocycles. The normalized spacial score (nSPS) is 11.7. The van der Waals surface area contributed by atoms with Crippen molar-refractivity contribution >= 4 is 11.6 Å². The van der Waals surface area contributed by atoms with Gasteiger partial charge in [-0.1, -0.05) is 31.2 Å². The molecular formula is C20H25NO3. The van der Waals surface area contributed by atoms with Crippen LogP contribution in [0.4, 0.5) is 5.69 Å². The lowest BCUT2D eigenvalue weighted by molar-refractivity contribution is -0.122. The number of ether oxygens (including phenoxy) is 2. The van der Waals surface area contributed by atoms with E-state index in [1.165, 1.54) is 0 Å². The number of rotatable bonds is 7. The highest BCUT2D eigenvalue weighted by Gasteiger charge is 2.20. The molecule has 4 heteroatoms. The summed E-state index contributed by atoms with van der Waals surface area (Å²) in [6.45, 7) is 8.37. The van der Waals surface area contributed by atoms with Crippen molar-refractivity contribution in [3.63, 3.8) is 0 Å². The van der Waals surface area contributed by atoms with Gasteiger partial charge in [-0.3, -0.25) is 4.79 Å². The molecule has 0 aromatic heterocycles. The van der Waals surface area contributed by atoms with E-state index in [0.29, 0.717) is 24.5 Å². The number of para-hydroxylation sites is 2. The van der Waals surface area contributed by atoms with E-state index in [1.54, 1.807) is 0 Å². The first-order valence-electron chi connectivity index (χ1n) is 8.31. The van der Waals surface area contributed by atoms with Gasteiger partial charge in [0, 0.05) is 0 Å². The third-order valence-electron chi connectivity index (χ3n) is 3.72. The Morgan fingerprint density at radius 3 is 2.54 bits per heavy atom. The van der Waals surface area contributed by atoms with E-state index in [2.05, 4.69) is 5.32 Å². The lowest BCUT2D eigenvalue weighted by Crippen LogP contribution is -2.32. The minimum atomic E-state index is -0.555. The van der Waals surface area contributed by atoms with Crippen molar-refractivity contribution in [2.24, 2.45) is 0 Å². The fourth-order valence-corrected chi connectivity index (χ4v) is 2.37. The molecule has 128 valence electrons. The zero-order valence-electron chi connectivity index (χ0n) is 14.8. The molecule has 0 spiro atoms. The van der Waals surface area contributed by atoms with Gasteiger partial charge in [-0.15, -0.1) is 0 Å². The number of aryl methyl sites for hydroxylation is 2. The molecule has 1 amide bonds. The van der Waals surface area contributed by atoms with Crippen LogP contribution in [0.5, 0.6) is 11.5 Å². The lowest BCUT2D eigenvalue weighted by atomic mass is 10.1. The van der Waals surface area contributed by atoms with Crippen molar-refractivity contribution in [3.8, 4) is 11.5 Å². The maximum absolute atomic E-state index is 12.6. The Kier molecular flexibility index (Phi) is 6.24. The van der Waals surface area contributed by atoms with Gasteiger partial charge in [0.2, 0.25) is 0 Å². The number of nitrogens with one attached hydrogen (secondary N) is 1. The molecule has 0 saturated carbocycles. The smallest absolute Gasteiger partial charge is 0.265 e. The van der Waals surface area contributed by atoms with E-state index in [0.717, 1.165) is 16.9 Å². The third-order valence-corrected chi connectivity index (χ3v) is 3.72. The highest BCUT2D eigenvalue weighted by atomic mass is 16.5. The van der Waals surface area contributed by atoms with Crippen LogP contribution in [0.1, 0.15) is 31.4 Å². The second-order valence-corrected chi connectivity index (χ2v) is 5.70. The van der Waals surface area contributed by atoms with E-state index in [9.17, 15) is 4.79 Å². The van der Waals surface area contributed by atoms with Crippen molar-refractivity contribution in [3.05, 3.63) is 53.6 Å². The van der Waals surface area contributed by atoms with Crippen LogP contribution in [0.25, 0.3) is 0 Å². The number of amides is 1. The van der Waals surface area contributed by atoms with Crippen LogP contribution in [0.2, 0.25) is 0 Å². The topological polar surface area (TPSA) is 47.6 Å². The Balaban J connectivity index is 2.13. The van der Waals surface area contributed by atoms with Crippen LogP contribution in [0.3, 0.4) is 0 Å². The Hall–Kier alpha value is -2.49. The predicted molar refractivity (Wildman–Crippen MR) is 96.9 cm³/mol. The molecule has 1 N–H and O–H groups in total. The van der Waals surface area contributed by atoms with Gasteiger partial charge in [0.05, 0.1) is 12.3 Å². The molecule has 0 saturated heterocycles. The highest BCUT2D eigenvalue weighted by Crippen LogP contribution is 2.25. The van der Waals surface area contributed by atoms with Crippen molar-refractivity contribution in [2.75, 3.05) is 11.9 Å². The third kappa shape index (κ3) is 4.51. The summed E-state index contributed by atoms with van der Waals surface area (Å²) in [6, 6.07) is 13.4. The molecule has 0 radical (unpaired) electrons. The van der Waals surface area contributed by atoms with E-state index in [1.807, 2.05) is 70.2 Å². The SMILES string of the molecule is CCOc1ccccc1NC(=O)[C@H](CC)Oc1cc(C)ccc1C. The maximum atomic E-state index is 12.6. The van der Waals surface area contributed by atoms with Crippen LogP contribution < -0.4 is 14.8 Å². The zero-order chi connectivity index (χ0) is 17.5. The van der Waals surface area contributed by atoms with E-state index in [-0.39, 0.29) is 5.91 Å². The number of anilines is 1. The standard InChI is InChI=1S/C20H25NO3/c1-5-17(24-19-13-14(3)11-12-15(19)4)20(22)21-16-9-7-8-10-18(16)23-6-2/h7-13,17H,5-6H2,1-4H3,(H,21,22)/t17-/m0/s1. The molecule has 0 aliphatic rings. The van der Waals surface area contributed by atoms with Crippen LogP contribution in [0.15, 0.2) is 42.5 Å². The van der Waals surface area contributed by atoms with Gasteiger partial charge in [-0.05, 0) is 56.5 Å². The summed E-state index contributed by atoms with van der Waals surface area (Å²) in [5.41, 5.74) is 2.78. The molecule has 0 heterocycles. The number of benzene rings is 2. The average molecular weight is 327 g/mol. The van der Waals surface area contributed by atoms with E-state index >= 15 is 0 Å². The van der Waals surface area contributed by atoms with Crippen molar-refractivity contribution in [2.45, 2.75) is 40.2 Å². The van der Waals surface area contributed by atoms with Crippen LogP contribution in [-0.4, -0.2) is 18.6 Å². The fourth-order valence-electron chi connectivity index (χ4n) is 2.37. The minimum Gasteiger partial charge on any atom is -0.492 e. The molecule has 1 atom stereocenters. The summed E-state index contributed by atoms with van der Waals surface area (Å²) in [4.78, 5) is 12.6. The Morgan fingerprint density at radius 1 is 1.08 bits per heavy atom. The number of carbonyl (C=O) groups excluding carboxylic acids is 1. The molecule has 24 heavy (non-hydrogen) atoms. The Morgan fingerprint density at radius 2 is 1.83 bits per heavy atom. The molecule has 0 aliphatic carbocycles. The first-order chi connectivity index (χ1) is 11.5. The summed E-state index contributed by atoms with van der Waals surface area (Å²) in [7, 11) is 0. The molecule has 0 unspecified atom stereocenters. The molecule has 0 fully saturated rings. The molecule has 2 rings (SSSR count). The first-order valence-corrected chi connectivity index (χ1v) is 8.31. The van der Waals surface area contributed by atoms with Crippen LogP contribution >= 0.6 is 0 Å². The Labute approximate surface area is 143 Å². The second kappa shape index (κ2) is 8.39. The van der Waals surface area contributed by atoms with Gasteiger partial charge in [0.15, 0.2) is 6.10 Å². The fraction of sp³-hybridized carbons (Fsp3) is 0.350. The van der Waals surface area contributed by atoms with Gasteiger partial charge in [-0.2, -0.15) is 0 Å². The van der Waals surface area contributed by atoms with Crippen molar-refractivity contribution < 1.29 is 14.3 Å². The lowest BCUT2D eigenvalue weighted by Gasteiger charge is -2.20. The molecule has 4 nitrogen and oxygen atoms in total. The summed E-state index contributed by atoms with van der Waals surface area (Å²) in [6.07, 6.45) is 0.0240. The van der Waals surface area contributed by atoms with Gasteiger partial charge in [-0.25, -0.2) is 0 Å². The van der Waals surface area contributed by atoms with Gasteiger partial charge < -0.3 is 14.8 Å². The number of hydrogen-bond donors (Lipinski definition) is 1.